The van der Waals surface area contributed by atoms with Crippen LogP contribution in [0.5, 0.6) is 0 Å². The molecule has 0 N–H and O–H groups in total. The minimum atomic E-state index is -0.0519. The number of pyridine rings is 1. The second kappa shape index (κ2) is 8.56. The molecule has 0 bridgehead atoms. The van der Waals surface area contributed by atoms with Crippen LogP contribution in [-0.4, -0.2) is 28.0 Å². The maximum atomic E-state index is 12.3. The zero-order chi connectivity index (χ0) is 15.0. The summed E-state index contributed by atoms with van der Waals surface area (Å²) in [6.07, 6.45) is 5.19. The van der Waals surface area contributed by atoms with E-state index < -0.39 is 0 Å². The Bertz CT molecular complexity index is 468. The van der Waals surface area contributed by atoms with Crippen LogP contribution in [0.15, 0.2) is 29.2 Å². The van der Waals surface area contributed by atoms with Gasteiger partial charge in [0.05, 0.1) is 0 Å². The molecule has 1 aromatic rings. The summed E-state index contributed by atoms with van der Waals surface area (Å²) in [7, 11) is 0. The van der Waals surface area contributed by atoms with Gasteiger partial charge >= 0.3 is 0 Å². The third-order valence-electron chi connectivity index (χ3n) is 3.66. The number of rotatable bonds is 8. The number of aromatic nitrogens is 1. The highest BCUT2D eigenvalue weighted by molar-refractivity contribution is 5.76. The number of aryl methyl sites for hydroxylation is 1. The zero-order valence-electron chi connectivity index (χ0n) is 12.8. The molecule has 1 rings (SSSR count). The van der Waals surface area contributed by atoms with Gasteiger partial charge in [0.15, 0.2) is 0 Å². The Hall–Kier alpha value is -1.58. The summed E-state index contributed by atoms with van der Waals surface area (Å²) in [5.74, 6) is 0.142. The summed E-state index contributed by atoms with van der Waals surface area (Å²) in [6.45, 7) is 7.58. The van der Waals surface area contributed by atoms with Crippen LogP contribution in [-0.2, 0) is 11.3 Å². The summed E-state index contributed by atoms with van der Waals surface area (Å²) < 4.78 is 1.59. The number of hydrogen-bond acceptors (Lipinski definition) is 2. The average Bonchev–Trinajstić information content (AvgIpc) is 2.46. The molecule has 4 nitrogen and oxygen atoms in total. The largest absolute Gasteiger partial charge is 0.340 e. The Morgan fingerprint density at radius 3 is 2.70 bits per heavy atom. The standard InChI is InChI=1S/C16H26N2O2/c1-4-6-12-18(14(3)5-2)16(20)10-13-17-11-8-7-9-15(17)19/h7-9,11,14H,4-6,10,12-13H2,1-3H3. The Balaban J connectivity index is 2.62. The van der Waals surface area contributed by atoms with Gasteiger partial charge < -0.3 is 9.47 Å². The van der Waals surface area contributed by atoms with Gasteiger partial charge in [0.1, 0.15) is 0 Å². The van der Waals surface area contributed by atoms with Crippen molar-refractivity contribution in [2.75, 3.05) is 6.54 Å². The second-order valence-corrected chi connectivity index (χ2v) is 5.18. The smallest absolute Gasteiger partial charge is 0.250 e. The van der Waals surface area contributed by atoms with E-state index >= 15 is 0 Å². The molecule has 1 heterocycles. The van der Waals surface area contributed by atoms with Crippen LogP contribution in [0, 0.1) is 0 Å². The predicted octanol–water partition coefficient (Wildman–Crippen LogP) is 2.67. The molecule has 0 saturated heterocycles. The predicted molar refractivity (Wildman–Crippen MR) is 81.7 cm³/mol. The minimum Gasteiger partial charge on any atom is -0.340 e. The number of hydrogen-bond donors (Lipinski definition) is 0. The molecular formula is C16H26N2O2. The van der Waals surface area contributed by atoms with Gasteiger partial charge in [-0.25, -0.2) is 0 Å². The molecule has 1 amide bonds. The van der Waals surface area contributed by atoms with Crippen LogP contribution in [0.25, 0.3) is 0 Å². The van der Waals surface area contributed by atoms with E-state index in [0.717, 1.165) is 25.8 Å². The van der Waals surface area contributed by atoms with Crippen molar-refractivity contribution in [2.45, 2.75) is 59.0 Å². The molecule has 0 aliphatic heterocycles. The molecule has 0 aliphatic carbocycles. The highest BCUT2D eigenvalue weighted by Crippen LogP contribution is 2.08. The van der Waals surface area contributed by atoms with Gasteiger partial charge in [-0.05, 0) is 25.8 Å². The third kappa shape index (κ3) is 4.83. The van der Waals surface area contributed by atoms with Crippen molar-refractivity contribution in [3.8, 4) is 0 Å². The van der Waals surface area contributed by atoms with Gasteiger partial charge in [-0.1, -0.05) is 26.3 Å². The zero-order valence-corrected chi connectivity index (χ0v) is 12.8. The maximum Gasteiger partial charge on any atom is 0.250 e. The van der Waals surface area contributed by atoms with Crippen molar-refractivity contribution in [1.82, 2.24) is 9.47 Å². The van der Waals surface area contributed by atoms with E-state index in [1.807, 2.05) is 11.0 Å². The Labute approximate surface area is 121 Å². The Morgan fingerprint density at radius 2 is 2.10 bits per heavy atom. The van der Waals surface area contributed by atoms with E-state index in [1.54, 1.807) is 16.8 Å². The molecule has 0 aliphatic rings. The monoisotopic (exact) mass is 278 g/mol. The van der Waals surface area contributed by atoms with E-state index in [9.17, 15) is 9.59 Å². The van der Waals surface area contributed by atoms with Crippen molar-refractivity contribution in [3.63, 3.8) is 0 Å². The SMILES string of the molecule is CCCCN(C(=O)CCn1ccccc1=O)C(C)CC. The van der Waals surface area contributed by atoms with Crippen LogP contribution in [0.4, 0.5) is 0 Å². The summed E-state index contributed by atoms with van der Waals surface area (Å²) in [5.41, 5.74) is -0.0519. The van der Waals surface area contributed by atoms with Crippen LogP contribution in [0.2, 0.25) is 0 Å². The highest BCUT2D eigenvalue weighted by Gasteiger charge is 2.17. The van der Waals surface area contributed by atoms with Crippen molar-refractivity contribution >= 4 is 5.91 Å². The van der Waals surface area contributed by atoms with E-state index in [2.05, 4.69) is 20.8 Å². The van der Waals surface area contributed by atoms with Gasteiger partial charge in [0.25, 0.3) is 5.56 Å². The molecule has 0 saturated carbocycles. The van der Waals surface area contributed by atoms with Crippen LogP contribution >= 0.6 is 0 Å². The Morgan fingerprint density at radius 1 is 1.35 bits per heavy atom. The van der Waals surface area contributed by atoms with E-state index in [0.29, 0.717) is 13.0 Å². The molecule has 1 unspecified atom stereocenters. The molecule has 0 radical (unpaired) electrons. The number of unbranched alkanes of at least 4 members (excludes halogenated alkanes) is 1. The average molecular weight is 278 g/mol. The highest BCUT2D eigenvalue weighted by atomic mass is 16.2. The number of amides is 1. The van der Waals surface area contributed by atoms with Gasteiger partial charge in [-0.2, -0.15) is 0 Å². The summed E-state index contributed by atoms with van der Waals surface area (Å²) in [5, 5.41) is 0. The van der Waals surface area contributed by atoms with Crippen molar-refractivity contribution in [1.29, 1.82) is 0 Å². The van der Waals surface area contributed by atoms with E-state index in [1.165, 1.54) is 6.07 Å². The van der Waals surface area contributed by atoms with E-state index in [-0.39, 0.29) is 17.5 Å². The van der Waals surface area contributed by atoms with Gasteiger partial charge in [-0.3, -0.25) is 9.59 Å². The fraction of sp³-hybridized carbons (Fsp3) is 0.625. The first-order chi connectivity index (χ1) is 9.60. The maximum absolute atomic E-state index is 12.3. The lowest BCUT2D eigenvalue weighted by atomic mass is 10.1. The third-order valence-corrected chi connectivity index (χ3v) is 3.66. The van der Waals surface area contributed by atoms with Gasteiger partial charge in [0, 0.05) is 37.8 Å². The topological polar surface area (TPSA) is 42.3 Å². The lowest BCUT2D eigenvalue weighted by molar-refractivity contribution is -0.133. The lowest BCUT2D eigenvalue weighted by Crippen LogP contribution is -2.39. The van der Waals surface area contributed by atoms with Crippen molar-refractivity contribution in [2.24, 2.45) is 0 Å². The van der Waals surface area contributed by atoms with Gasteiger partial charge in [-0.15, -0.1) is 0 Å². The van der Waals surface area contributed by atoms with Crippen LogP contribution < -0.4 is 5.56 Å². The molecule has 0 aromatic carbocycles. The first-order valence-electron chi connectivity index (χ1n) is 7.55. The first-order valence-corrected chi connectivity index (χ1v) is 7.55. The molecule has 0 spiro atoms. The molecule has 0 fully saturated rings. The van der Waals surface area contributed by atoms with Crippen molar-refractivity contribution in [3.05, 3.63) is 34.7 Å². The normalized spacial score (nSPS) is 12.2. The fourth-order valence-electron chi connectivity index (χ4n) is 2.14. The summed E-state index contributed by atoms with van der Waals surface area (Å²) >= 11 is 0. The number of carbonyl (C=O) groups is 1. The molecule has 1 aromatic heterocycles. The number of nitrogens with zero attached hydrogens (tertiary/aromatic N) is 2. The molecule has 20 heavy (non-hydrogen) atoms. The van der Waals surface area contributed by atoms with Crippen LogP contribution in [0.3, 0.4) is 0 Å². The molecular weight excluding hydrogens is 252 g/mol. The summed E-state index contributed by atoms with van der Waals surface area (Å²) in [6, 6.07) is 5.32. The molecule has 4 heteroatoms. The Kier molecular flexibility index (Phi) is 7.05. The fourth-order valence-corrected chi connectivity index (χ4v) is 2.14. The summed E-state index contributed by atoms with van der Waals surface area (Å²) in [4.78, 5) is 25.9. The van der Waals surface area contributed by atoms with E-state index in [4.69, 9.17) is 0 Å². The van der Waals surface area contributed by atoms with Crippen LogP contribution in [0.1, 0.15) is 46.5 Å². The molecule has 112 valence electrons. The van der Waals surface area contributed by atoms with Crippen molar-refractivity contribution < 1.29 is 4.79 Å². The quantitative estimate of drug-likeness (QED) is 0.733. The first kappa shape index (κ1) is 16.5. The second-order valence-electron chi connectivity index (χ2n) is 5.18. The lowest BCUT2D eigenvalue weighted by Gasteiger charge is -2.28. The minimum absolute atomic E-state index is 0.0519. The molecule has 1 atom stereocenters. The van der Waals surface area contributed by atoms with Gasteiger partial charge in [0.2, 0.25) is 5.91 Å². The number of carbonyl (C=O) groups excluding carboxylic acids is 1.